The third-order valence-electron chi connectivity index (χ3n) is 2.72. The van der Waals surface area contributed by atoms with Crippen molar-refractivity contribution in [2.75, 3.05) is 13.1 Å². The molecule has 0 aliphatic rings. The van der Waals surface area contributed by atoms with E-state index in [0.29, 0.717) is 18.7 Å². The molecule has 0 bridgehead atoms. The number of rotatable bonds is 8. The smallest absolute Gasteiger partial charge is 0.218 e. The maximum atomic E-state index is 12.3. The van der Waals surface area contributed by atoms with Crippen molar-refractivity contribution < 1.29 is 13.5 Å². The number of aliphatic hydroxyl groups is 1. The van der Waals surface area contributed by atoms with Gasteiger partial charge in [0.1, 0.15) is 0 Å². The van der Waals surface area contributed by atoms with E-state index in [1.807, 2.05) is 6.92 Å². The van der Waals surface area contributed by atoms with Crippen LogP contribution in [0.5, 0.6) is 0 Å². The van der Waals surface area contributed by atoms with Crippen molar-refractivity contribution in [2.24, 2.45) is 0 Å². The molecule has 0 spiro atoms. The SMILES string of the molecule is C=CCN(CCC)S(=O)(=O)Cc1cccc(CO)c1. The quantitative estimate of drug-likeness (QED) is 0.741. The van der Waals surface area contributed by atoms with Crippen molar-refractivity contribution >= 4 is 10.0 Å². The summed E-state index contributed by atoms with van der Waals surface area (Å²) in [5, 5.41) is 9.06. The molecule has 0 atom stereocenters. The van der Waals surface area contributed by atoms with Crippen molar-refractivity contribution in [1.29, 1.82) is 0 Å². The van der Waals surface area contributed by atoms with Crippen LogP contribution in [0.2, 0.25) is 0 Å². The summed E-state index contributed by atoms with van der Waals surface area (Å²) in [6, 6.07) is 7.00. The molecule has 0 amide bonds. The van der Waals surface area contributed by atoms with Crippen molar-refractivity contribution in [2.45, 2.75) is 25.7 Å². The Balaban J connectivity index is 2.89. The monoisotopic (exact) mass is 283 g/mol. The Bertz CT molecular complexity index is 511. The molecule has 0 saturated heterocycles. The highest BCUT2D eigenvalue weighted by Gasteiger charge is 2.20. The molecule has 1 N–H and O–H groups in total. The summed E-state index contributed by atoms with van der Waals surface area (Å²) in [5.41, 5.74) is 1.41. The second kappa shape index (κ2) is 7.43. The highest BCUT2D eigenvalue weighted by atomic mass is 32.2. The molecule has 0 aliphatic carbocycles. The van der Waals surface area contributed by atoms with Crippen molar-refractivity contribution in [1.82, 2.24) is 4.31 Å². The van der Waals surface area contributed by atoms with Crippen LogP contribution in [-0.2, 0) is 22.4 Å². The van der Waals surface area contributed by atoms with Crippen LogP contribution < -0.4 is 0 Å². The van der Waals surface area contributed by atoms with Crippen LogP contribution in [0.3, 0.4) is 0 Å². The lowest BCUT2D eigenvalue weighted by atomic mass is 10.1. The van der Waals surface area contributed by atoms with E-state index in [9.17, 15) is 8.42 Å². The van der Waals surface area contributed by atoms with Gasteiger partial charge in [0.25, 0.3) is 0 Å². The van der Waals surface area contributed by atoms with E-state index >= 15 is 0 Å². The highest BCUT2D eigenvalue weighted by molar-refractivity contribution is 7.88. The molecular weight excluding hydrogens is 262 g/mol. The Morgan fingerprint density at radius 3 is 2.63 bits per heavy atom. The van der Waals surface area contributed by atoms with Crippen LogP contribution in [0.15, 0.2) is 36.9 Å². The zero-order valence-electron chi connectivity index (χ0n) is 11.2. The first kappa shape index (κ1) is 15.9. The molecule has 0 fully saturated rings. The summed E-state index contributed by atoms with van der Waals surface area (Å²) < 4.78 is 26.0. The van der Waals surface area contributed by atoms with Gasteiger partial charge in [-0.25, -0.2) is 8.42 Å². The molecule has 0 saturated carbocycles. The van der Waals surface area contributed by atoms with Crippen LogP contribution >= 0.6 is 0 Å². The van der Waals surface area contributed by atoms with Crippen LogP contribution in [0.4, 0.5) is 0 Å². The summed E-state index contributed by atoms with van der Waals surface area (Å²) >= 11 is 0. The molecule has 19 heavy (non-hydrogen) atoms. The van der Waals surface area contributed by atoms with Gasteiger partial charge in [-0.05, 0) is 17.5 Å². The van der Waals surface area contributed by atoms with E-state index < -0.39 is 10.0 Å². The molecule has 5 heteroatoms. The van der Waals surface area contributed by atoms with Crippen LogP contribution in [-0.4, -0.2) is 30.9 Å². The minimum absolute atomic E-state index is 0.0469. The maximum Gasteiger partial charge on any atom is 0.218 e. The number of sulfonamides is 1. The molecule has 1 rings (SSSR count). The van der Waals surface area contributed by atoms with E-state index in [1.54, 1.807) is 30.3 Å². The van der Waals surface area contributed by atoms with Gasteiger partial charge in [-0.3, -0.25) is 0 Å². The zero-order valence-corrected chi connectivity index (χ0v) is 12.1. The molecular formula is C14H21NO3S. The third kappa shape index (κ3) is 4.78. The predicted molar refractivity (Wildman–Crippen MR) is 77.0 cm³/mol. The Morgan fingerprint density at radius 1 is 1.37 bits per heavy atom. The first-order valence-electron chi connectivity index (χ1n) is 6.31. The first-order valence-corrected chi connectivity index (χ1v) is 7.91. The second-order valence-corrected chi connectivity index (χ2v) is 6.35. The van der Waals surface area contributed by atoms with Gasteiger partial charge in [0.15, 0.2) is 0 Å². The van der Waals surface area contributed by atoms with Gasteiger partial charge < -0.3 is 5.11 Å². The van der Waals surface area contributed by atoms with E-state index in [-0.39, 0.29) is 12.4 Å². The zero-order chi connectivity index (χ0) is 14.3. The van der Waals surface area contributed by atoms with E-state index in [1.165, 1.54) is 4.31 Å². The van der Waals surface area contributed by atoms with Crippen molar-refractivity contribution in [3.05, 3.63) is 48.0 Å². The Kier molecular flexibility index (Phi) is 6.21. The lowest BCUT2D eigenvalue weighted by Gasteiger charge is -2.20. The molecule has 1 aromatic carbocycles. The van der Waals surface area contributed by atoms with Gasteiger partial charge >= 0.3 is 0 Å². The topological polar surface area (TPSA) is 57.6 Å². The number of aliphatic hydroxyl groups excluding tert-OH is 1. The van der Waals surface area contributed by atoms with Gasteiger partial charge in [0.05, 0.1) is 12.4 Å². The fourth-order valence-corrected chi connectivity index (χ4v) is 3.43. The standard InChI is InChI=1S/C14H21NO3S/c1-3-8-15(9-4-2)19(17,18)12-14-7-5-6-13(10-14)11-16/h3,5-7,10,16H,1,4,8-9,11-12H2,2H3. The molecule has 4 nitrogen and oxygen atoms in total. The summed E-state index contributed by atoms with van der Waals surface area (Å²) in [5.74, 6) is -0.0469. The van der Waals surface area contributed by atoms with E-state index in [0.717, 1.165) is 12.0 Å². The van der Waals surface area contributed by atoms with E-state index in [2.05, 4.69) is 6.58 Å². The molecule has 106 valence electrons. The Labute approximate surface area is 115 Å². The van der Waals surface area contributed by atoms with Crippen molar-refractivity contribution in [3.63, 3.8) is 0 Å². The van der Waals surface area contributed by atoms with Gasteiger partial charge in [0.2, 0.25) is 10.0 Å². The Hall–Kier alpha value is -1.17. The minimum Gasteiger partial charge on any atom is -0.392 e. The molecule has 0 radical (unpaired) electrons. The lowest BCUT2D eigenvalue weighted by Crippen LogP contribution is -2.33. The van der Waals surface area contributed by atoms with Gasteiger partial charge in [-0.2, -0.15) is 4.31 Å². The van der Waals surface area contributed by atoms with Crippen LogP contribution in [0.1, 0.15) is 24.5 Å². The summed E-state index contributed by atoms with van der Waals surface area (Å²) in [6.45, 7) is 6.27. The lowest BCUT2D eigenvalue weighted by molar-refractivity contribution is 0.281. The van der Waals surface area contributed by atoms with Gasteiger partial charge in [0, 0.05) is 13.1 Å². The van der Waals surface area contributed by atoms with Crippen LogP contribution in [0.25, 0.3) is 0 Å². The molecule has 1 aromatic rings. The van der Waals surface area contributed by atoms with Crippen molar-refractivity contribution in [3.8, 4) is 0 Å². The number of hydrogen-bond donors (Lipinski definition) is 1. The fourth-order valence-electron chi connectivity index (χ4n) is 1.86. The molecule has 0 unspecified atom stereocenters. The van der Waals surface area contributed by atoms with Gasteiger partial charge in [-0.1, -0.05) is 37.3 Å². The summed E-state index contributed by atoms with van der Waals surface area (Å²) in [4.78, 5) is 0. The maximum absolute atomic E-state index is 12.3. The molecule has 0 aromatic heterocycles. The predicted octanol–water partition coefficient (Wildman–Crippen LogP) is 1.91. The normalized spacial score (nSPS) is 11.7. The average Bonchev–Trinajstić information content (AvgIpc) is 2.38. The highest BCUT2D eigenvalue weighted by Crippen LogP contribution is 2.13. The van der Waals surface area contributed by atoms with Gasteiger partial charge in [-0.15, -0.1) is 6.58 Å². The fraction of sp³-hybridized carbons (Fsp3) is 0.429. The molecule has 0 aliphatic heterocycles. The average molecular weight is 283 g/mol. The van der Waals surface area contributed by atoms with Crippen LogP contribution in [0, 0.1) is 0 Å². The number of nitrogens with zero attached hydrogens (tertiary/aromatic N) is 1. The first-order chi connectivity index (χ1) is 9.03. The third-order valence-corrected chi connectivity index (χ3v) is 4.54. The minimum atomic E-state index is -3.34. The van der Waals surface area contributed by atoms with E-state index in [4.69, 9.17) is 5.11 Å². The summed E-state index contributed by atoms with van der Waals surface area (Å²) in [6.07, 6.45) is 2.36. The number of benzene rings is 1. The second-order valence-electron chi connectivity index (χ2n) is 4.38. The number of hydrogen-bond acceptors (Lipinski definition) is 3. The molecule has 0 heterocycles. The Morgan fingerprint density at radius 2 is 2.05 bits per heavy atom. The largest absolute Gasteiger partial charge is 0.392 e. The summed E-state index contributed by atoms with van der Waals surface area (Å²) in [7, 11) is -3.34.